The van der Waals surface area contributed by atoms with E-state index in [4.69, 9.17) is 4.74 Å². The summed E-state index contributed by atoms with van der Waals surface area (Å²) in [5, 5.41) is 0.159. The van der Waals surface area contributed by atoms with Crippen molar-refractivity contribution < 1.29 is 13.9 Å². The summed E-state index contributed by atoms with van der Waals surface area (Å²) in [6, 6.07) is 1.10. The first-order chi connectivity index (χ1) is 9.04. The molecule has 1 aromatic heterocycles. The molecule has 2 heterocycles. The Labute approximate surface area is 115 Å². The van der Waals surface area contributed by atoms with Gasteiger partial charge in [-0.3, -0.25) is 9.59 Å². The number of rotatable bonds is 1. The van der Waals surface area contributed by atoms with Gasteiger partial charge in [-0.15, -0.1) is 0 Å². The fourth-order valence-corrected chi connectivity index (χ4v) is 2.72. The van der Waals surface area contributed by atoms with Crippen molar-refractivity contribution in [3.05, 3.63) is 38.3 Å². The number of aldehydes is 1. The summed E-state index contributed by atoms with van der Waals surface area (Å²) < 4.78 is 21.3. The van der Waals surface area contributed by atoms with E-state index in [-0.39, 0.29) is 21.5 Å². The number of nitrogens with zero attached hydrogens (tertiary/aromatic N) is 1. The van der Waals surface area contributed by atoms with Gasteiger partial charge in [-0.25, -0.2) is 4.39 Å². The van der Waals surface area contributed by atoms with Gasteiger partial charge >= 0.3 is 0 Å². The Morgan fingerprint density at radius 2 is 2.32 bits per heavy atom. The van der Waals surface area contributed by atoms with E-state index in [1.807, 2.05) is 6.92 Å². The van der Waals surface area contributed by atoms with Crippen LogP contribution in [-0.4, -0.2) is 17.5 Å². The fourth-order valence-electron chi connectivity index (χ4n) is 2.30. The summed E-state index contributed by atoms with van der Waals surface area (Å²) in [7, 11) is 0. The minimum Gasteiger partial charge on any atom is -0.488 e. The zero-order valence-corrected chi connectivity index (χ0v) is 11.5. The maximum atomic E-state index is 13.8. The molecule has 0 spiro atoms. The molecule has 2 aromatic rings. The van der Waals surface area contributed by atoms with Crippen LogP contribution in [0.5, 0.6) is 5.75 Å². The average molecular weight is 326 g/mol. The number of hydrogen-bond donors (Lipinski definition) is 0. The number of ether oxygens (including phenoxy) is 1. The molecule has 0 bridgehead atoms. The van der Waals surface area contributed by atoms with Crippen molar-refractivity contribution in [1.82, 2.24) is 4.57 Å². The van der Waals surface area contributed by atoms with E-state index in [0.29, 0.717) is 24.2 Å². The Kier molecular flexibility index (Phi) is 2.70. The van der Waals surface area contributed by atoms with Gasteiger partial charge in [-0.2, -0.15) is 0 Å². The lowest BCUT2D eigenvalue weighted by atomic mass is 10.1. The molecule has 0 N–H and O–H groups in total. The van der Waals surface area contributed by atoms with E-state index in [1.165, 1.54) is 6.20 Å². The van der Waals surface area contributed by atoms with Gasteiger partial charge in [0.15, 0.2) is 17.5 Å². The van der Waals surface area contributed by atoms with Crippen molar-refractivity contribution >= 4 is 33.1 Å². The molecule has 0 radical (unpaired) electrons. The van der Waals surface area contributed by atoms with Crippen LogP contribution in [0.3, 0.4) is 0 Å². The number of hydrogen-bond acceptors (Lipinski definition) is 3. The smallest absolute Gasteiger partial charge is 0.200 e. The monoisotopic (exact) mass is 325 g/mol. The van der Waals surface area contributed by atoms with E-state index in [0.717, 1.165) is 6.07 Å². The lowest BCUT2D eigenvalue weighted by Gasteiger charge is -2.27. The van der Waals surface area contributed by atoms with Crippen LogP contribution >= 0.6 is 15.9 Å². The van der Waals surface area contributed by atoms with E-state index in [2.05, 4.69) is 15.9 Å². The van der Waals surface area contributed by atoms with Crippen LogP contribution in [0, 0.1) is 5.82 Å². The molecular formula is C13H9BrFNO3. The van der Waals surface area contributed by atoms with Crippen LogP contribution in [0.2, 0.25) is 0 Å². The average Bonchev–Trinajstić information content (AvgIpc) is 2.40. The van der Waals surface area contributed by atoms with E-state index in [9.17, 15) is 14.0 Å². The third-order valence-corrected chi connectivity index (χ3v) is 4.00. The molecule has 0 saturated carbocycles. The molecule has 98 valence electrons. The van der Waals surface area contributed by atoms with Gasteiger partial charge in [-0.1, -0.05) is 0 Å². The number of carbonyl (C=O) groups excluding carboxylic acids is 1. The normalized spacial score (nSPS) is 17.3. The topological polar surface area (TPSA) is 48.3 Å². The number of halogens is 2. The van der Waals surface area contributed by atoms with Gasteiger partial charge < -0.3 is 9.30 Å². The van der Waals surface area contributed by atoms with Crippen LogP contribution < -0.4 is 10.2 Å². The highest BCUT2D eigenvalue weighted by molar-refractivity contribution is 9.10. The Hall–Kier alpha value is -1.69. The first kappa shape index (κ1) is 12.3. The molecule has 1 aliphatic rings. The van der Waals surface area contributed by atoms with Crippen molar-refractivity contribution in [2.24, 2.45) is 0 Å². The largest absolute Gasteiger partial charge is 0.488 e. The highest BCUT2D eigenvalue weighted by Gasteiger charge is 2.25. The summed E-state index contributed by atoms with van der Waals surface area (Å²) in [5.41, 5.74) is 0.0585. The molecule has 0 amide bonds. The van der Waals surface area contributed by atoms with Crippen molar-refractivity contribution in [3.63, 3.8) is 0 Å². The van der Waals surface area contributed by atoms with Gasteiger partial charge in [0.1, 0.15) is 12.4 Å². The Balaban J connectivity index is 2.59. The zero-order valence-electron chi connectivity index (χ0n) is 9.94. The quantitative estimate of drug-likeness (QED) is 0.757. The molecule has 6 heteroatoms. The first-order valence-electron chi connectivity index (χ1n) is 5.69. The SMILES string of the molecule is CC1COc2c(Br)c(F)cc3c(=O)c(C=O)cn1c23. The Morgan fingerprint density at radius 1 is 1.58 bits per heavy atom. The molecule has 19 heavy (non-hydrogen) atoms. The highest BCUT2D eigenvalue weighted by atomic mass is 79.9. The van der Waals surface area contributed by atoms with Crippen molar-refractivity contribution in [2.75, 3.05) is 6.61 Å². The summed E-state index contributed by atoms with van der Waals surface area (Å²) in [4.78, 5) is 23.0. The lowest BCUT2D eigenvalue weighted by molar-refractivity contribution is 0.112. The maximum Gasteiger partial charge on any atom is 0.200 e. The van der Waals surface area contributed by atoms with Gasteiger partial charge in [0.2, 0.25) is 0 Å². The summed E-state index contributed by atoms with van der Waals surface area (Å²) in [6.45, 7) is 2.25. The van der Waals surface area contributed by atoms with Crippen LogP contribution in [0.25, 0.3) is 10.9 Å². The molecule has 0 aliphatic carbocycles. The first-order valence-corrected chi connectivity index (χ1v) is 6.48. The predicted octanol–water partition coefficient (Wildman–Crippen LogP) is 2.67. The molecular weight excluding hydrogens is 317 g/mol. The van der Waals surface area contributed by atoms with Gasteiger partial charge in [0, 0.05) is 6.20 Å². The third kappa shape index (κ3) is 1.63. The summed E-state index contributed by atoms with van der Waals surface area (Å²) >= 11 is 3.12. The molecule has 1 aliphatic heterocycles. The minimum absolute atomic E-state index is 0.0222. The Bertz CT molecular complexity index is 769. The predicted molar refractivity (Wildman–Crippen MR) is 71.5 cm³/mol. The number of benzene rings is 1. The van der Waals surface area contributed by atoms with Gasteiger partial charge in [-0.05, 0) is 28.9 Å². The minimum atomic E-state index is -0.580. The van der Waals surface area contributed by atoms with Gasteiger partial charge in [0.25, 0.3) is 0 Å². The van der Waals surface area contributed by atoms with Gasteiger partial charge in [0.05, 0.1) is 27.0 Å². The number of aromatic nitrogens is 1. The zero-order chi connectivity index (χ0) is 13.7. The van der Waals surface area contributed by atoms with E-state index in [1.54, 1.807) is 4.57 Å². The second-order valence-electron chi connectivity index (χ2n) is 4.50. The van der Waals surface area contributed by atoms with Crippen molar-refractivity contribution in [3.8, 4) is 5.75 Å². The summed E-state index contributed by atoms with van der Waals surface area (Å²) in [5.74, 6) is -0.272. The standard InChI is InChI=1S/C13H9BrFNO3/c1-6-5-19-13-10(14)9(15)2-8-11(13)16(6)3-7(4-17)12(8)18/h2-4,6H,5H2,1H3. The molecule has 1 aromatic carbocycles. The second kappa shape index (κ2) is 4.16. The number of carbonyl (C=O) groups is 1. The summed E-state index contributed by atoms with van der Waals surface area (Å²) in [6.07, 6.45) is 1.99. The van der Waals surface area contributed by atoms with E-state index >= 15 is 0 Å². The number of pyridine rings is 1. The van der Waals surface area contributed by atoms with Crippen molar-refractivity contribution in [1.29, 1.82) is 0 Å². The lowest BCUT2D eigenvalue weighted by Crippen LogP contribution is -2.25. The van der Waals surface area contributed by atoms with Crippen LogP contribution in [0.4, 0.5) is 4.39 Å². The van der Waals surface area contributed by atoms with Crippen molar-refractivity contribution in [2.45, 2.75) is 13.0 Å². The highest BCUT2D eigenvalue weighted by Crippen LogP contribution is 2.39. The maximum absolute atomic E-state index is 13.8. The van der Waals surface area contributed by atoms with Crippen LogP contribution in [0.1, 0.15) is 23.3 Å². The third-order valence-electron chi connectivity index (χ3n) is 3.26. The van der Waals surface area contributed by atoms with Crippen LogP contribution in [-0.2, 0) is 0 Å². The molecule has 3 rings (SSSR count). The molecule has 0 fully saturated rings. The Morgan fingerprint density at radius 3 is 3.00 bits per heavy atom. The molecule has 1 atom stereocenters. The van der Waals surface area contributed by atoms with E-state index < -0.39 is 11.2 Å². The second-order valence-corrected chi connectivity index (χ2v) is 5.29. The fraction of sp³-hybridized carbons (Fsp3) is 0.231. The molecule has 1 unspecified atom stereocenters. The molecule has 4 nitrogen and oxygen atoms in total. The molecule has 0 saturated heterocycles. The van der Waals surface area contributed by atoms with Crippen LogP contribution in [0.15, 0.2) is 21.5 Å².